The molecule has 0 saturated heterocycles. The van der Waals surface area contributed by atoms with Crippen LogP contribution in [-0.2, 0) is 0 Å². The van der Waals surface area contributed by atoms with Crippen molar-refractivity contribution in [2.24, 2.45) is 5.92 Å². The lowest BCUT2D eigenvalue weighted by Gasteiger charge is -2.21. The quantitative estimate of drug-likeness (QED) is 0.654. The van der Waals surface area contributed by atoms with E-state index in [0.29, 0.717) is 6.04 Å². The van der Waals surface area contributed by atoms with Gasteiger partial charge in [0.15, 0.2) is 0 Å². The largest absolute Gasteiger partial charge is 0.467 e. The van der Waals surface area contributed by atoms with E-state index in [-0.39, 0.29) is 6.04 Å². The summed E-state index contributed by atoms with van der Waals surface area (Å²) in [6.07, 6.45) is 5.43. The molecule has 116 valence electrons. The first-order chi connectivity index (χ1) is 10.1. The maximum atomic E-state index is 6.08. The lowest BCUT2D eigenvalue weighted by atomic mass is 10.0. The predicted octanol–water partition coefficient (Wildman–Crippen LogP) is 5.89. The Balaban J connectivity index is 2.00. The molecule has 1 N–H and O–H groups in total. The van der Waals surface area contributed by atoms with Gasteiger partial charge in [-0.05, 0) is 43.5 Å². The zero-order chi connectivity index (χ0) is 15.2. The van der Waals surface area contributed by atoms with E-state index in [4.69, 9.17) is 16.0 Å². The summed E-state index contributed by atoms with van der Waals surface area (Å²) in [5, 5.41) is 3.68. The Labute approximate surface area is 136 Å². The summed E-state index contributed by atoms with van der Waals surface area (Å²) >= 11 is 7.69. The second-order valence-electron chi connectivity index (χ2n) is 5.98. The number of thiophene rings is 1. The molecule has 0 aromatic carbocycles. The van der Waals surface area contributed by atoms with Crippen LogP contribution in [0.5, 0.6) is 0 Å². The standard InChI is InChI=1S/C17H24ClNOS/c1-12(2)6-4-7-13(3)19-17(14-8-5-11-20-14)15-9-10-16(18)21-15/h5,8-13,17,19H,4,6-7H2,1-3H3. The summed E-state index contributed by atoms with van der Waals surface area (Å²) in [6, 6.07) is 8.51. The molecule has 0 amide bonds. The fraction of sp³-hybridized carbons (Fsp3) is 0.529. The van der Waals surface area contributed by atoms with E-state index in [9.17, 15) is 0 Å². The van der Waals surface area contributed by atoms with Gasteiger partial charge in [0.2, 0.25) is 0 Å². The van der Waals surface area contributed by atoms with Crippen LogP contribution in [0.3, 0.4) is 0 Å². The van der Waals surface area contributed by atoms with Crippen LogP contribution in [0, 0.1) is 5.92 Å². The van der Waals surface area contributed by atoms with Gasteiger partial charge in [0.05, 0.1) is 10.6 Å². The molecular formula is C17H24ClNOS. The Morgan fingerprint density at radius 1 is 1.19 bits per heavy atom. The van der Waals surface area contributed by atoms with E-state index >= 15 is 0 Å². The molecule has 0 bridgehead atoms. The molecule has 21 heavy (non-hydrogen) atoms. The van der Waals surface area contributed by atoms with Crippen LogP contribution in [0.15, 0.2) is 34.9 Å². The molecule has 0 radical (unpaired) electrons. The summed E-state index contributed by atoms with van der Waals surface area (Å²) < 4.78 is 6.42. The Hall–Kier alpha value is -0.770. The van der Waals surface area contributed by atoms with Gasteiger partial charge in [0, 0.05) is 10.9 Å². The van der Waals surface area contributed by atoms with Gasteiger partial charge >= 0.3 is 0 Å². The van der Waals surface area contributed by atoms with Crippen LogP contribution in [0.25, 0.3) is 0 Å². The van der Waals surface area contributed by atoms with Gasteiger partial charge in [-0.3, -0.25) is 0 Å². The third-order valence-electron chi connectivity index (χ3n) is 3.58. The van der Waals surface area contributed by atoms with Crippen molar-refractivity contribution in [2.75, 3.05) is 0 Å². The first kappa shape index (κ1) is 16.6. The number of furan rings is 1. The smallest absolute Gasteiger partial charge is 0.126 e. The average molecular weight is 326 g/mol. The summed E-state index contributed by atoms with van der Waals surface area (Å²) in [7, 11) is 0. The zero-order valence-corrected chi connectivity index (χ0v) is 14.5. The molecule has 0 aliphatic heterocycles. The number of hydrogen-bond acceptors (Lipinski definition) is 3. The third kappa shape index (κ3) is 5.17. The molecule has 2 atom stereocenters. The summed E-state index contributed by atoms with van der Waals surface area (Å²) in [5.74, 6) is 1.72. The molecule has 0 aliphatic carbocycles. The minimum absolute atomic E-state index is 0.0894. The maximum Gasteiger partial charge on any atom is 0.126 e. The summed E-state index contributed by atoms with van der Waals surface area (Å²) in [6.45, 7) is 6.79. The Morgan fingerprint density at radius 2 is 2.00 bits per heavy atom. The first-order valence-electron chi connectivity index (χ1n) is 7.61. The molecule has 2 nitrogen and oxygen atoms in total. The van der Waals surface area contributed by atoms with Crippen LogP contribution in [0.4, 0.5) is 0 Å². The highest BCUT2D eigenvalue weighted by atomic mass is 35.5. The SMILES string of the molecule is CC(C)CCCC(C)NC(c1ccco1)c1ccc(Cl)s1. The van der Waals surface area contributed by atoms with Crippen molar-refractivity contribution in [3.8, 4) is 0 Å². The van der Waals surface area contributed by atoms with E-state index in [1.807, 2.05) is 18.2 Å². The van der Waals surface area contributed by atoms with Crippen molar-refractivity contribution in [1.29, 1.82) is 0 Å². The molecule has 4 heteroatoms. The van der Waals surface area contributed by atoms with E-state index in [1.54, 1.807) is 17.6 Å². The predicted molar refractivity (Wildman–Crippen MR) is 91.2 cm³/mol. The normalized spacial score (nSPS) is 14.5. The van der Waals surface area contributed by atoms with Gasteiger partial charge in [0.25, 0.3) is 0 Å². The van der Waals surface area contributed by atoms with Gasteiger partial charge in [-0.15, -0.1) is 11.3 Å². The highest BCUT2D eigenvalue weighted by Gasteiger charge is 2.20. The topological polar surface area (TPSA) is 25.2 Å². The van der Waals surface area contributed by atoms with Crippen molar-refractivity contribution in [3.05, 3.63) is 45.5 Å². The molecule has 2 aromatic rings. The summed E-state index contributed by atoms with van der Waals surface area (Å²) in [5.41, 5.74) is 0. The number of halogens is 1. The lowest BCUT2D eigenvalue weighted by molar-refractivity contribution is 0.393. The van der Waals surface area contributed by atoms with Crippen molar-refractivity contribution in [1.82, 2.24) is 5.32 Å². The van der Waals surface area contributed by atoms with Crippen LogP contribution >= 0.6 is 22.9 Å². The monoisotopic (exact) mass is 325 g/mol. The van der Waals surface area contributed by atoms with Gasteiger partial charge in [-0.25, -0.2) is 0 Å². The molecule has 2 unspecified atom stereocenters. The molecule has 0 saturated carbocycles. The van der Waals surface area contributed by atoms with Gasteiger partial charge in [-0.2, -0.15) is 0 Å². The molecule has 0 aliphatic rings. The van der Waals surface area contributed by atoms with Crippen molar-refractivity contribution in [2.45, 2.75) is 52.1 Å². The van der Waals surface area contributed by atoms with Gasteiger partial charge in [0.1, 0.15) is 11.8 Å². The number of rotatable bonds is 8. The average Bonchev–Trinajstić information content (AvgIpc) is 3.07. The minimum Gasteiger partial charge on any atom is -0.467 e. The Kier molecular flexibility index (Phi) is 6.34. The number of nitrogens with one attached hydrogen (secondary N) is 1. The fourth-order valence-electron chi connectivity index (χ4n) is 2.44. The Morgan fingerprint density at radius 3 is 2.57 bits per heavy atom. The molecule has 2 aromatic heterocycles. The second-order valence-corrected chi connectivity index (χ2v) is 7.73. The van der Waals surface area contributed by atoms with Crippen LogP contribution in [0.2, 0.25) is 4.34 Å². The minimum atomic E-state index is 0.0894. The second kappa shape index (κ2) is 8.02. The lowest BCUT2D eigenvalue weighted by Crippen LogP contribution is -2.30. The van der Waals surface area contributed by atoms with Crippen LogP contribution < -0.4 is 5.32 Å². The van der Waals surface area contributed by atoms with Crippen molar-refractivity contribution in [3.63, 3.8) is 0 Å². The molecule has 2 rings (SSSR count). The molecular weight excluding hydrogens is 302 g/mol. The molecule has 2 heterocycles. The number of hydrogen-bond donors (Lipinski definition) is 1. The van der Waals surface area contributed by atoms with Gasteiger partial charge < -0.3 is 9.73 Å². The van der Waals surface area contributed by atoms with Crippen LogP contribution in [0.1, 0.15) is 56.7 Å². The van der Waals surface area contributed by atoms with E-state index in [2.05, 4.69) is 32.2 Å². The van der Waals surface area contributed by atoms with Crippen molar-refractivity contribution < 1.29 is 4.42 Å². The zero-order valence-electron chi connectivity index (χ0n) is 12.9. The Bertz CT molecular complexity index is 521. The molecule has 0 fully saturated rings. The van der Waals surface area contributed by atoms with Gasteiger partial charge in [-0.1, -0.05) is 38.3 Å². The fourth-order valence-corrected chi connectivity index (χ4v) is 3.57. The third-order valence-corrected chi connectivity index (χ3v) is 4.87. The van der Waals surface area contributed by atoms with Crippen LogP contribution in [-0.4, -0.2) is 6.04 Å². The van der Waals surface area contributed by atoms with E-state index < -0.39 is 0 Å². The van der Waals surface area contributed by atoms with E-state index in [1.165, 1.54) is 24.1 Å². The van der Waals surface area contributed by atoms with E-state index in [0.717, 1.165) is 16.0 Å². The first-order valence-corrected chi connectivity index (χ1v) is 8.80. The summed E-state index contributed by atoms with van der Waals surface area (Å²) in [4.78, 5) is 1.20. The maximum absolute atomic E-state index is 6.08. The highest BCUT2D eigenvalue weighted by Crippen LogP contribution is 2.32. The molecule has 0 spiro atoms. The van der Waals surface area contributed by atoms with Crippen molar-refractivity contribution >= 4 is 22.9 Å². The highest BCUT2D eigenvalue weighted by molar-refractivity contribution is 7.16.